The number of halogens is 1. The number of hydrogen-bond acceptors (Lipinski definition) is 3. The molecule has 1 aromatic heterocycles. The minimum Gasteiger partial charge on any atom is -0.478 e. The lowest BCUT2D eigenvalue weighted by molar-refractivity contribution is 0.0697. The molecule has 0 atom stereocenters. The van der Waals surface area contributed by atoms with Crippen LogP contribution in [-0.2, 0) is 0 Å². The molecule has 80 valence electrons. The Morgan fingerprint density at radius 2 is 1.62 bits per heavy atom. The van der Waals surface area contributed by atoms with Crippen LogP contribution in [0.3, 0.4) is 0 Å². The summed E-state index contributed by atoms with van der Waals surface area (Å²) in [6.45, 7) is 0. The zero-order chi connectivity index (χ0) is 11.5. The molecule has 0 spiro atoms. The van der Waals surface area contributed by atoms with E-state index in [1.54, 1.807) is 24.5 Å². The van der Waals surface area contributed by atoms with Crippen molar-refractivity contribution >= 4 is 17.6 Å². The molecule has 0 aliphatic rings. The minimum atomic E-state index is -0.945. The van der Waals surface area contributed by atoms with Gasteiger partial charge in [-0.1, -0.05) is 12.1 Å². The number of aromatic carboxylic acids is 1. The topological polar surface area (TPSA) is 63.1 Å². The van der Waals surface area contributed by atoms with Gasteiger partial charge in [-0.25, -0.2) is 14.8 Å². The van der Waals surface area contributed by atoms with E-state index in [0.29, 0.717) is 0 Å². The van der Waals surface area contributed by atoms with Crippen LogP contribution in [0.1, 0.15) is 10.4 Å². The predicted molar refractivity (Wildman–Crippen MR) is 59.4 cm³/mol. The number of hydrogen-bond donors (Lipinski definition) is 1. The van der Waals surface area contributed by atoms with Gasteiger partial charge in [0.05, 0.1) is 5.56 Å². The summed E-state index contributed by atoms with van der Waals surface area (Å²) in [6, 6.07) is 6.48. The van der Waals surface area contributed by atoms with Crippen LogP contribution >= 0.6 is 11.6 Å². The average molecular weight is 235 g/mol. The fraction of sp³-hybridized carbons (Fsp3) is 0. The SMILES string of the molecule is O=C(O)c1ccc(-c2cnc(Cl)nc2)cc1. The Morgan fingerprint density at radius 1 is 1.06 bits per heavy atom. The van der Waals surface area contributed by atoms with Crippen molar-refractivity contribution in [2.45, 2.75) is 0 Å². The van der Waals surface area contributed by atoms with Gasteiger partial charge in [0.2, 0.25) is 5.28 Å². The highest BCUT2D eigenvalue weighted by Crippen LogP contribution is 2.18. The third-order valence-corrected chi connectivity index (χ3v) is 2.28. The summed E-state index contributed by atoms with van der Waals surface area (Å²) in [7, 11) is 0. The van der Waals surface area contributed by atoms with E-state index in [2.05, 4.69) is 9.97 Å². The van der Waals surface area contributed by atoms with Crippen LogP contribution in [0, 0.1) is 0 Å². The first kappa shape index (κ1) is 10.6. The third kappa shape index (κ3) is 2.17. The second-order valence-electron chi connectivity index (χ2n) is 3.12. The third-order valence-electron chi connectivity index (χ3n) is 2.09. The van der Waals surface area contributed by atoms with Gasteiger partial charge in [-0.15, -0.1) is 0 Å². The Kier molecular flexibility index (Phi) is 2.83. The lowest BCUT2D eigenvalue weighted by atomic mass is 10.1. The predicted octanol–water partition coefficient (Wildman–Crippen LogP) is 2.50. The van der Waals surface area contributed by atoms with Crippen molar-refractivity contribution in [3.05, 3.63) is 47.5 Å². The van der Waals surface area contributed by atoms with Crippen LogP contribution in [0.4, 0.5) is 0 Å². The van der Waals surface area contributed by atoms with Gasteiger partial charge in [-0.2, -0.15) is 0 Å². The summed E-state index contributed by atoms with van der Waals surface area (Å²) in [6.07, 6.45) is 3.18. The van der Waals surface area contributed by atoms with Crippen LogP contribution < -0.4 is 0 Å². The van der Waals surface area contributed by atoms with Crippen molar-refractivity contribution in [1.29, 1.82) is 0 Å². The molecule has 5 heteroatoms. The molecule has 2 rings (SSSR count). The standard InChI is InChI=1S/C11H7ClN2O2/c12-11-13-5-9(6-14-11)7-1-3-8(4-2-7)10(15)16/h1-6H,(H,15,16). The lowest BCUT2D eigenvalue weighted by Crippen LogP contribution is -1.95. The van der Waals surface area contributed by atoms with Crippen molar-refractivity contribution in [1.82, 2.24) is 9.97 Å². The molecule has 0 radical (unpaired) electrons. The number of carboxylic acid groups (broad SMARTS) is 1. The first-order valence-corrected chi connectivity index (χ1v) is 4.86. The molecule has 0 unspecified atom stereocenters. The molecule has 16 heavy (non-hydrogen) atoms. The highest BCUT2D eigenvalue weighted by molar-refractivity contribution is 6.28. The number of rotatable bonds is 2. The number of nitrogens with zero attached hydrogens (tertiary/aromatic N) is 2. The average Bonchev–Trinajstić information content (AvgIpc) is 2.30. The van der Waals surface area contributed by atoms with E-state index in [1.165, 1.54) is 12.1 Å². The summed E-state index contributed by atoms with van der Waals surface area (Å²) in [4.78, 5) is 18.4. The molecule has 0 aliphatic carbocycles. The first-order chi connectivity index (χ1) is 7.66. The fourth-order valence-electron chi connectivity index (χ4n) is 1.27. The van der Waals surface area contributed by atoms with Gasteiger partial charge >= 0.3 is 5.97 Å². The normalized spacial score (nSPS) is 10.1. The van der Waals surface area contributed by atoms with Gasteiger partial charge in [-0.05, 0) is 29.3 Å². The molecule has 0 amide bonds. The zero-order valence-corrected chi connectivity index (χ0v) is 8.85. The van der Waals surface area contributed by atoms with Crippen molar-refractivity contribution in [3.63, 3.8) is 0 Å². The first-order valence-electron chi connectivity index (χ1n) is 4.48. The molecule has 2 aromatic rings. The number of carboxylic acids is 1. The van der Waals surface area contributed by atoms with Gasteiger partial charge in [0.25, 0.3) is 0 Å². The molecule has 1 heterocycles. The van der Waals surface area contributed by atoms with Crippen LogP contribution in [0.5, 0.6) is 0 Å². The van der Waals surface area contributed by atoms with E-state index >= 15 is 0 Å². The largest absolute Gasteiger partial charge is 0.478 e. The Hall–Kier alpha value is -1.94. The molecule has 0 aliphatic heterocycles. The summed E-state index contributed by atoms with van der Waals surface area (Å²) < 4.78 is 0. The fourth-order valence-corrected chi connectivity index (χ4v) is 1.36. The monoisotopic (exact) mass is 234 g/mol. The van der Waals surface area contributed by atoms with E-state index in [-0.39, 0.29) is 10.8 Å². The van der Waals surface area contributed by atoms with E-state index in [0.717, 1.165) is 11.1 Å². The molecule has 4 nitrogen and oxygen atoms in total. The number of carbonyl (C=O) groups is 1. The van der Waals surface area contributed by atoms with E-state index < -0.39 is 5.97 Å². The Morgan fingerprint density at radius 3 is 2.12 bits per heavy atom. The Bertz CT molecular complexity index is 509. The molecule has 1 aromatic carbocycles. The summed E-state index contributed by atoms with van der Waals surface area (Å²) in [5, 5.41) is 8.93. The van der Waals surface area contributed by atoms with Crippen LogP contribution in [0.2, 0.25) is 5.28 Å². The molecule has 0 fully saturated rings. The van der Waals surface area contributed by atoms with Gasteiger partial charge in [0.15, 0.2) is 0 Å². The molecule has 0 bridgehead atoms. The summed E-state index contributed by atoms with van der Waals surface area (Å²) in [5.41, 5.74) is 1.89. The van der Waals surface area contributed by atoms with E-state index in [9.17, 15) is 4.79 Å². The zero-order valence-electron chi connectivity index (χ0n) is 8.09. The quantitative estimate of drug-likeness (QED) is 0.811. The second kappa shape index (κ2) is 4.28. The molecular weight excluding hydrogens is 228 g/mol. The molecule has 1 N–H and O–H groups in total. The summed E-state index contributed by atoms with van der Waals surface area (Å²) in [5.74, 6) is -0.945. The number of aromatic nitrogens is 2. The Balaban J connectivity index is 2.34. The summed E-state index contributed by atoms with van der Waals surface area (Å²) >= 11 is 5.57. The van der Waals surface area contributed by atoms with Crippen molar-refractivity contribution in [2.24, 2.45) is 0 Å². The maximum atomic E-state index is 10.7. The smallest absolute Gasteiger partial charge is 0.335 e. The van der Waals surface area contributed by atoms with Crippen molar-refractivity contribution < 1.29 is 9.90 Å². The van der Waals surface area contributed by atoms with E-state index in [1.807, 2.05) is 0 Å². The molecular formula is C11H7ClN2O2. The molecule has 0 saturated heterocycles. The van der Waals surface area contributed by atoms with Crippen molar-refractivity contribution in [2.75, 3.05) is 0 Å². The lowest BCUT2D eigenvalue weighted by Gasteiger charge is -2.01. The maximum absolute atomic E-state index is 10.7. The van der Waals surface area contributed by atoms with Gasteiger partial charge in [-0.3, -0.25) is 0 Å². The number of benzene rings is 1. The highest BCUT2D eigenvalue weighted by Gasteiger charge is 2.03. The Labute approximate surface area is 96.6 Å². The van der Waals surface area contributed by atoms with Crippen LogP contribution in [0.15, 0.2) is 36.7 Å². The van der Waals surface area contributed by atoms with Gasteiger partial charge < -0.3 is 5.11 Å². The second-order valence-corrected chi connectivity index (χ2v) is 3.46. The molecule has 0 saturated carbocycles. The maximum Gasteiger partial charge on any atom is 0.335 e. The van der Waals surface area contributed by atoms with Crippen LogP contribution in [-0.4, -0.2) is 21.0 Å². The highest BCUT2D eigenvalue weighted by atomic mass is 35.5. The van der Waals surface area contributed by atoms with E-state index in [4.69, 9.17) is 16.7 Å². The van der Waals surface area contributed by atoms with Gasteiger partial charge in [0.1, 0.15) is 0 Å². The van der Waals surface area contributed by atoms with Crippen LogP contribution in [0.25, 0.3) is 11.1 Å². The van der Waals surface area contributed by atoms with Crippen molar-refractivity contribution in [3.8, 4) is 11.1 Å². The minimum absolute atomic E-state index is 0.186. The van der Waals surface area contributed by atoms with Gasteiger partial charge in [0, 0.05) is 18.0 Å².